The van der Waals surface area contributed by atoms with E-state index in [2.05, 4.69) is 18.7 Å². The fraction of sp³-hybridized carbons (Fsp3) is 0.909. The van der Waals surface area contributed by atoms with Crippen LogP contribution in [0, 0.1) is 35.5 Å². The Morgan fingerprint density at radius 3 is 2.56 bits per heavy atom. The quantitative estimate of drug-likeness (QED) is 0.695. The summed E-state index contributed by atoms with van der Waals surface area (Å²) >= 11 is 0. The smallest absolute Gasteiger partial charge is 0.309 e. The third-order valence-electron chi connectivity index (χ3n) is 8.61. The van der Waals surface area contributed by atoms with Crippen molar-refractivity contribution in [1.29, 1.82) is 0 Å². The van der Waals surface area contributed by atoms with E-state index < -0.39 is 0 Å². The summed E-state index contributed by atoms with van der Waals surface area (Å²) in [5.41, 5.74) is 0. The maximum absolute atomic E-state index is 12.5. The third-order valence-corrected chi connectivity index (χ3v) is 8.61. The molecule has 5 rings (SSSR count). The van der Waals surface area contributed by atoms with Crippen molar-refractivity contribution in [3.05, 3.63) is 0 Å². The number of cyclic esters (lactones) is 1. The number of carbonyl (C=O) groups excluding carboxylic acids is 2. The monoisotopic (exact) mass is 375 g/mol. The van der Waals surface area contributed by atoms with E-state index in [0.29, 0.717) is 35.8 Å². The van der Waals surface area contributed by atoms with Crippen molar-refractivity contribution in [1.82, 2.24) is 4.90 Å². The van der Waals surface area contributed by atoms with Gasteiger partial charge in [0, 0.05) is 23.9 Å². The zero-order valence-corrected chi connectivity index (χ0v) is 16.8. The van der Waals surface area contributed by atoms with Crippen LogP contribution in [0.25, 0.3) is 0 Å². The van der Waals surface area contributed by atoms with Crippen LogP contribution in [0.4, 0.5) is 0 Å². The topological polar surface area (TPSA) is 55.8 Å². The molecule has 0 aromatic heterocycles. The van der Waals surface area contributed by atoms with E-state index in [-0.39, 0.29) is 36.0 Å². The van der Waals surface area contributed by atoms with Crippen molar-refractivity contribution in [3.63, 3.8) is 0 Å². The minimum atomic E-state index is -0.0294. The van der Waals surface area contributed by atoms with Crippen LogP contribution in [0.15, 0.2) is 0 Å². The largest absolute Gasteiger partial charge is 0.462 e. The molecule has 5 heteroatoms. The van der Waals surface area contributed by atoms with E-state index in [1.165, 1.54) is 19.3 Å². The Hall–Kier alpha value is -1.10. The average Bonchev–Trinajstić information content (AvgIpc) is 3.20. The summed E-state index contributed by atoms with van der Waals surface area (Å²) in [5.74, 6) is 1.94. The first kappa shape index (κ1) is 18.0. The molecule has 0 amide bonds. The summed E-state index contributed by atoms with van der Waals surface area (Å²) in [4.78, 5) is 27.3. The number of carbonyl (C=O) groups is 2. The molecule has 5 nitrogen and oxygen atoms in total. The summed E-state index contributed by atoms with van der Waals surface area (Å²) in [7, 11) is 0. The van der Waals surface area contributed by atoms with Crippen LogP contribution in [0.2, 0.25) is 0 Å². The van der Waals surface area contributed by atoms with Crippen molar-refractivity contribution < 1.29 is 19.1 Å². The molecule has 5 fully saturated rings. The Bertz CT molecular complexity index is 636. The van der Waals surface area contributed by atoms with Crippen molar-refractivity contribution in [2.45, 2.75) is 83.6 Å². The van der Waals surface area contributed by atoms with Crippen LogP contribution >= 0.6 is 0 Å². The highest BCUT2D eigenvalue weighted by molar-refractivity contribution is 5.75. The number of hydrogen-bond acceptors (Lipinski definition) is 5. The molecule has 4 aliphatic heterocycles. The molecule has 0 radical (unpaired) electrons. The highest BCUT2D eigenvalue weighted by Gasteiger charge is 2.63. The van der Waals surface area contributed by atoms with Gasteiger partial charge in [-0.25, -0.2) is 0 Å². The lowest BCUT2D eigenvalue weighted by atomic mass is 9.60. The first-order valence-electron chi connectivity index (χ1n) is 11.2. The summed E-state index contributed by atoms with van der Waals surface area (Å²) in [6, 6.07) is 0.865. The highest BCUT2D eigenvalue weighted by atomic mass is 16.6. The van der Waals surface area contributed by atoms with E-state index in [9.17, 15) is 9.59 Å². The lowest BCUT2D eigenvalue weighted by Gasteiger charge is -2.48. The number of esters is 2. The number of fused-ring (bicyclic) bond motifs is 2. The Morgan fingerprint density at radius 2 is 1.85 bits per heavy atom. The van der Waals surface area contributed by atoms with Crippen LogP contribution in [0.3, 0.4) is 0 Å². The lowest BCUT2D eigenvalue weighted by molar-refractivity contribution is -0.148. The Morgan fingerprint density at radius 1 is 1.04 bits per heavy atom. The molecule has 150 valence electrons. The molecule has 4 saturated heterocycles. The Kier molecular flexibility index (Phi) is 4.30. The standard InChI is InChI=1S/C22H33NO4/c1-4-13-14-7-5-6-8-23-16(17-9-11(2)21(24)26-17)10-15(19(14)23)18-12(3)22(25)27-20(13)18/h11-20H,4-10H2,1-3H3/t11-,12-,13+,14+,15-,16-,17-,18-,19+,20+/m1/s1. The van der Waals surface area contributed by atoms with Crippen LogP contribution in [0.5, 0.6) is 0 Å². The molecule has 27 heavy (non-hydrogen) atoms. The van der Waals surface area contributed by atoms with Crippen molar-refractivity contribution in [2.24, 2.45) is 35.5 Å². The zero-order chi connectivity index (χ0) is 18.9. The van der Waals surface area contributed by atoms with Crippen LogP contribution in [-0.2, 0) is 19.1 Å². The van der Waals surface area contributed by atoms with Gasteiger partial charge in [-0.3, -0.25) is 14.5 Å². The van der Waals surface area contributed by atoms with E-state index in [4.69, 9.17) is 9.47 Å². The Labute approximate surface area is 162 Å². The molecule has 1 saturated carbocycles. The van der Waals surface area contributed by atoms with Gasteiger partial charge in [0.2, 0.25) is 0 Å². The van der Waals surface area contributed by atoms with Gasteiger partial charge in [0.25, 0.3) is 0 Å². The molecule has 0 spiro atoms. The zero-order valence-electron chi connectivity index (χ0n) is 16.8. The first-order chi connectivity index (χ1) is 13.0. The highest BCUT2D eigenvalue weighted by Crippen LogP contribution is 2.57. The molecule has 4 heterocycles. The summed E-state index contributed by atoms with van der Waals surface area (Å²) in [6.45, 7) is 7.44. The number of hydrogen-bond donors (Lipinski definition) is 0. The predicted octanol–water partition coefficient (Wildman–Crippen LogP) is 3.01. The maximum Gasteiger partial charge on any atom is 0.309 e. The molecule has 10 atom stereocenters. The second kappa shape index (κ2) is 6.47. The van der Waals surface area contributed by atoms with Gasteiger partial charge >= 0.3 is 11.9 Å². The third kappa shape index (κ3) is 2.53. The SMILES string of the molecule is CC[C@H]1[C@@H]2CCCCN3[C@@H]2[C@H](C[C@@H]3[C@H]2C[C@@H](C)C(=O)O2)[C@@H]2[C@H]1OC(=O)[C@@H]2C. The maximum atomic E-state index is 12.5. The van der Waals surface area contributed by atoms with Crippen LogP contribution in [0.1, 0.15) is 59.3 Å². The van der Waals surface area contributed by atoms with E-state index in [0.717, 1.165) is 25.8 Å². The van der Waals surface area contributed by atoms with Crippen molar-refractivity contribution in [3.8, 4) is 0 Å². The van der Waals surface area contributed by atoms with E-state index >= 15 is 0 Å². The summed E-state index contributed by atoms with van der Waals surface area (Å²) in [5, 5.41) is 0. The van der Waals surface area contributed by atoms with Crippen molar-refractivity contribution >= 4 is 11.9 Å². The molecule has 0 aromatic rings. The van der Waals surface area contributed by atoms with Gasteiger partial charge in [-0.2, -0.15) is 0 Å². The lowest BCUT2D eigenvalue weighted by Crippen LogP contribution is -2.54. The van der Waals surface area contributed by atoms with Crippen molar-refractivity contribution in [2.75, 3.05) is 6.54 Å². The Balaban J connectivity index is 1.51. The normalized spacial score (nSPS) is 52.1. The van der Waals surface area contributed by atoms with Gasteiger partial charge in [0.05, 0.1) is 11.8 Å². The number of ether oxygens (including phenoxy) is 2. The minimum absolute atomic E-state index is 0.00362. The van der Waals surface area contributed by atoms with Crippen LogP contribution < -0.4 is 0 Å². The molecule has 0 bridgehead atoms. The molecule has 0 unspecified atom stereocenters. The summed E-state index contributed by atoms with van der Waals surface area (Å²) < 4.78 is 11.8. The van der Waals surface area contributed by atoms with Gasteiger partial charge < -0.3 is 9.47 Å². The minimum Gasteiger partial charge on any atom is -0.462 e. The second-order valence-corrected chi connectivity index (χ2v) is 9.81. The van der Waals surface area contributed by atoms with Gasteiger partial charge in [-0.05, 0) is 50.5 Å². The fourth-order valence-corrected chi connectivity index (χ4v) is 7.48. The van der Waals surface area contributed by atoms with E-state index in [1.54, 1.807) is 0 Å². The molecular formula is C22H33NO4. The molecule has 1 aliphatic carbocycles. The first-order valence-corrected chi connectivity index (χ1v) is 11.2. The molecule has 0 N–H and O–H groups in total. The van der Waals surface area contributed by atoms with Gasteiger partial charge in [-0.1, -0.05) is 27.2 Å². The number of nitrogens with zero attached hydrogens (tertiary/aromatic N) is 1. The second-order valence-electron chi connectivity index (χ2n) is 9.81. The number of rotatable bonds is 2. The molecule has 0 aromatic carbocycles. The van der Waals surface area contributed by atoms with Crippen LogP contribution in [-0.4, -0.2) is 47.7 Å². The fourth-order valence-electron chi connectivity index (χ4n) is 7.48. The summed E-state index contributed by atoms with van der Waals surface area (Å²) in [6.07, 6.45) is 6.87. The van der Waals surface area contributed by atoms with E-state index in [1.807, 2.05) is 6.92 Å². The average molecular weight is 376 g/mol. The van der Waals surface area contributed by atoms with Gasteiger partial charge in [0.15, 0.2) is 0 Å². The predicted molar refractivity (Wildman–Crippen MR) is 99.7 cm³/mol. The molecule has 5 aliphatic rings. The van der Waals surface area contributed by atoms with Gasteiger partial charge in [0.1, 0.15) is 12.2 Å². The molecular weight excluding hydrogens is 342 g/mol. The van der Waals surface area contributed by atoms with Gasteiger partial charge in [-0.15, -0.1) is 0 Å².